The summed E-state index contributed by atoms with van der Waals surface area (Å²) >= 11 is 0. The number of aliphatic hydroxyl groups excluding tert-OH is 1. The summed E-state index contributed by atoms with van der Waals surface area (Å²) < 4.78 is 0. The van der Waals surface area contributed by atoms with E-state index in [2.05, 4.69) is 18.7 Å². The number of likely N-dealkylation sites (N-methyl/N-ethyl adjacent to an activating group) is 1. The van der Waals surface area contributed by atoms with Crippen molar-refractivity contribution in [1.82, 2.24) is 9.80 Å². The van der Waals surface area contributed by atoms with Crippen LogP contribution >= 0.6 is 0 Å². The fraction of sp³-hybridized carbons (Fsp3) is 0.900. The monoisotopic (exact) mass is 200 g/mol. The predicted octanol–water partition coefficient (Wildman–Crippen LogP) is -0.0802. The number of amides is 1. The summed E-state index contributed by atoms with van der Waals surface area (Å²) in [4.78, 5) is 15.6. The van der Waals surface area contributed by atoms with Crippen LogP contribution in [-0.2, 0) is 4.79 Å². The molecule has 0 spiro atoms. The van der Waals surface area contributed by atoms with Crippen LogP contribution in [-0.4, -0.2) is 59.6 Å². The van der Waals surface area contributed by atoms with E-state index in [1.54, 1.807) is 4.90 Å². The van der Waals surface area contributed by atoms with Crippen LogP contribution in [0.3, 0.4) is 0 Å². The van der Waals surface area contributed by atoms with Crippen molar-refractivity contribution in [3.63, 3.8) is 0 Å². The van der Waals surface area contributed by atoms with E-state index in [0.29, 0.717) is 12.6 Å². The third-order valence-electron chi connectivity index (χ3n) is 2.82. The second-order valence-corrected chi connectivity index (χ2v) is 4.12. The number of likely N-dealkylation sites (tertiary alicyclic amines) is 1. The van der Waals surface area contributed by atoms with E-state index in [1.807, 2.05) is 7.05 Å². The Kier molecular flexibility index (Phi) is 3.89. The van der Waals surface area contributed by atoms with E-state index in [1.165, 1.54) is 0 Å². The Morgan fingerprint density at radius 1 is 1.64 bits per heavy atom. The molecule has 1 saturated heterocycles. The summed E-state index contributed by atoms with van der Waals surface area (Å²) in [6.07, 6.45) is 0.882. The first-order chi connectivity index (χ1) is 6.57. The molecule has 82 valence electrons. The van der Waals surface area contributed by atoms with Gasteiger partial charge >= 0.3 is 0 Å². The normalized spacial score (nSPS) is 22.9. The van der Waals surface area contributed by atoms with Gasteiger partial charge in [-0.2, -0.15) is 0 Å². The summed E-state index contributed by atoms with van der Waals surface area (Å²) in [6.45, 7) is 5.65. The zero-order valence-electron chi connectivity index (χ0n) is 9.23. The number of carbonyl (C=O) groups is 1. The zero-order chi connectivity index (χ0) is 10.7. The summed E-state index contributed by atoms with van der Waals surface area (Å²) in [6, 6.07) is 0.287. The van der Waals surface area contributed by atoms with Gasteiger partial charge in [0.05, 0.1) is 12.6 Å². The molecule has 1 unspecified atom stereocenters. The van der Waals surface area contributed by atoms with Crippen molar-refractivity contribution in [2.75, 3.05) is 26.7 Å². The van der Waals surface area contributed by atoms with Gasteiger partial charge in [0.25, 0.3) is 0 Å². The van der Waals surface area contributed by atoms with Crippen LogP contribution < -0.4 is 0 Å². The molecule has 0 radical (unpaired) electrons. The molecule has 0 aromatic rings. The molecule has 1 amide bonds. The average molecular weight is 200 g/mol. The quantitative estimate of drug-likeness (QED) is 0.690. The molecule has 0 aliphatic carbocycles. The maximum Gasteiger partial charge on any atom is 0.239 e. The molecule has 1 aliphatic heterocycles. The first kappa shape index (κ1) is 11.5. The minimum absolute atomic E-state index is 0.0212. The molecular formula is C10H20N2O2. The molecule has 1 aliphatic rings. The van der Waals surface area contributed by atoms with Gasteiger partial charge in [0.15, 0.2) is 0 Å². The van der Waals surface area contributed by atoms with E-state index in [-0.39, 0.29) is 18.6 Å². The van der Waals surface area contributed by atoms with Crippen molar-refractivity contribution in [1.29, 1.82) is 0 Å². The Morgan fingerprint density at radius 3 is 2.64 bits per heavy atom. The summed E-state index contributed by atoms with van der Waals surface area (Å²) in [5, 5.41) is 8.93. The molecule has 14 heavy (non-hydrogen) atoms. The SMILES string of the molecule is CC(C)N(CCO)C1CCN(C)C1=O. The molecular weight excluding hydrogens is 180 g/mol. The highest BCUT2D eigenvalue weighted by Crippen LogP contribution is 2.17. The highest BCUT2D eigenvalue weighted by atomic mass is 16.3. The van der Waals surface area contributed by atoms with Crippen LogP contribution in [0, 0.1) is 0 Å². The lowest BCUT2D eigenvalue weighted by atomic mass is 10.1. The van der Waals surface area contributed by atoms with Crippen molar-refractivity contribution in [2.45, 2.75) is 32.4 Å². The van der Waals surface area contributed by atoms with Crippen LogP contribution in [0.25, 0.3) is 0 Å². The Balaban J connectivity index is 2.64. The molecule has 4 nitrogen and oxygen atoms in total. The van der Waals surface area contributed by atoms with Gasteiger partial charge in [0.1, 0.15) is 0 Å². The lowest BCUT2D eigenvalue weighted by molar-refractivity contribution is -0.131. The smallest absolute Gasteiger partial charge is 0.239 e. The Morgan fingerprint density at radius 2 is 2.29 bits per heavy atom. The molecule has 0 saturated carbocycles. The molecule has 1 atom stereocenters. The molecule has 1 fully saturated rings. The topological polar surface area (TPSA) is 43.8 Å². The fourth-order valence-corrected chi connectivity index (χ4v) is 2.00. The number of carbonyl (C=O) groups excluding carboxylic acids is 1. The molecule has 0 aromatic heterocycles. The van der Waals surface area contributed by atoms with Crippen LogP contribution in [0.4, 0.5) is 0 Å². The summed E-state index contributed by atoms with van der Waals surface area (Å²) in [5.74, 6) is 0.187. The molecule has 1 N–H and O–H groups in total. The van der Waals surface area contributed by atoms with Gasteiger partial charge in [0.2, 0.25) is 5.91 Å². The lowest BCUT2D eigenvalue weighted by Gasteiger charge is -2.30. The van der Waals surface area contributed by atoms with Gasteiger partial charge in [-0.3, -0.25) is 9.69 Å². The molecule has 1 rings (SSSR count). The summed E-state index contributed by atoms with van der Waals surface area (Å²) in [5.41, 5.74) is 0. The first-order valence-corrected chi connectivity index (χ1v) is 5.19. The van der Waals surface area contributed by atoms with Gasteiger partial charge in [-0.25, -0.2) is 0 Å². The van der Waals surface area contributed by atoms with Crippen LogP contribution in [0.5, 0.6) is 0 Å². The van der Waals surface area contributed by atoms with Gasteiger partial charge in [-0.15, -0.1) is 0 Å². The Hall–Kier alpha value is -0.610. The number of hydrogen-bond donors (Lipinski definition) is 1. The Bertz CT molecular complexity index is 206. The predicted molar refractivity (Wildman–Crippen MR) is 55.0 cm³/mol. The van der Waals surface area contributed by atoms with Crippen molar-refractivity contribution >= 4 is 5.91 Å². The highest BCUT2D eigenvalue weighted by molar-refractivity contribution is 5.83. The second kappa shape index (κ2) is 4.75. The molecule has 0 aromatic carbocycles. The molecule has 0 bridgehead atoms. The fourth-order valence-electron chi connectivity index (χ4n) is 2.00. The van der Waals surface area contributed by atoms with Crippen LogP contribution in [0.2, 0.25) is 0 Å². The number of hydrogen-bond acceptors (Lipinski definition) is 3. The molecule has 1 heterocycles. The summed E-state index contributed by atoms with van der Waals surface area (Å²) in [7, 11) is 1.83. The minimum Gasteiger partial charge on any atom is -0.395 e. The standard InChI is InChI=1S/C10H20N2O2/c1-8(2)12(6-7-13)9-4-5-11(3)10(9)14/h8-9,13H,4-7H2,1-3H3. The third-order valence-corrected chi connectivity index (χ3v) is 2.82. The number of rotatable bonds is 4. The van der Waals surface area contributed by atoms with E-state index in [0.717, 1.165) is 13.0 Å². The first-order valence-electron chi connectivity index (χ1n) is 5.19. The lowest BCUT2D eigenvalue weighted by Crippen LogP contribution is -2.46. The maximum absolute atomic E-state index is 11.7. The largest absolute Gasteiger partial charge is 0.395 e. The van der Waals surface area contributed by atoms with E-state index in [4.69, 9.17) is 5.11 Å². The van der Waals surface area contributed by atoms with Gasteiger partial charge in [-0.1, -0.05) is 0 Å². The second-order valence-electron chi connectivity index (χ2n) is 4.12. The van der Waals surface area contributed by atoms with Crippen molar-refractivity contribution in [3.8, 4) is 0 Å². The van der Waals surface area contributed by atoms with E-state index < -0.39 is 0 Å². The maximum atomic E-state index is 11.7. The van der Waals surface area contributed by atoms with E-state index in [9.17, 15) is 4.79 Å². The third kappa shape index (κ3) is 2.25. The Labute approximate surface area is 85.5 Å². The van der Waals surface area contributed by atoms with Crippen molar-refractivity contribution in [3.05, 3.63) is 0 Å². The zero-order valence-corrected chi connectivity index (χ0v) is 9.23. The number of aliphatic hydroxyl groups is 1. The van der Waals surface area contributed by atoms with Crippen LogP contribution in [0.15, 0.2) is 0 Å². The van der Waals surface area contributed by atoms with Crippen molar-refractivity contribution in [2.24, 2.45) is 0 Å². The highest BCUT2D eigenvalue weighted by Gasteiger charge is 2.34. The van der Waals surface area contributed by atoms with Gasteiger partial charge in [0, 0.05) is 26.2 Å². The van der Waals surface area contributed by atoms with Gasteiger partial charge < -0.3 is 10.0 Å². The number of nitrogens with zero attached hydrogens (tertiary/aromatic N) is 2. The van der Waals surface area contributed by atoms with Crippen LogP contribution in [0.1, 0.15) is 20.3 Å². The van der Waals surface area contributed by atoms with Gasteiger partial charge in [-0.05, 0) is 20.3 Å². The van der Waals surface area contributed by atoms with Crippen molar-refractivity contribution < 1.29 is 9.90 Å². The average Bonchev–Trinajstić information content (AvgIpc) is 2.44. The molecule has 4 heteroatoms. The van der Waals surface area contributed by atoms with E-state index >= 15 is 0 Å². The minimum atomic E-state index is -0.0212.